The molecule has 14 heavy (non-hydrogen) atoms. The molecule has 1 aliphatic carbocycles. The predicted molar refractivity (Wildman–Crippen MR) is 63.9 cm³/mol. The highest BCUT2D eigenvalue weighted by molar-refractivity contribution is 6.18. The lowest BCUT2D eigenvalue weighted by molar-refractivity contribution is 0.394. The van der Waals surface area contributed by atoms with Gasteiger partial charge in [-0.2, -0.15) is 0 Å². The van der Waals surface area contributed by atoms with Crippen molar-refractivity contribution in [2.45, 2.75) is 45.4 Å². The maximum atomic E-state index is 5.94. The summed E-state index contributed by atoms with van der Waals surface area (Å²) in [6.07, 6.45) is 8.13. The van der Waals surface area contributed by atoms with Crippen LogP contribution in [0.15, 0.2) is 0 Å². The number of hydrogen-bond acceptors (Lipinski definition) is 1. The van der Waals surface area contributed by atoms with E-state index < -0.39 is 0 Å². The molecule has 0 radical (unpaired) electrons. The van der Waals surface area contributed by atoms with E-state index >= 15 is 0 Å². The number of rotatable bonds is 7. The molecule has 0 aliphatic heterocycles. The van der Waals surface area contributed by atoms with Crippen LogP contribution in [0.5, 0.6) is 0 Å². The van der Waals surface area contributed by atoms with E-state index in [2.05, 4.69) is 12.2 Å². The first-order chi connectivity index (χ1) is 6.88. The van der Waals surface area contributed by atoms with Crippen LogP contribution in [0.2, 0.25) is 0 Å². The highest BCUT2D eigenvalue weighted by Gasteiger charge is 2.25. The van der Waals surface area contributed by atoms with E-state index in [9.17, 15) is 0 Å². The Hall–Kier alpha value is 0.250. The fourth-order valence-corrected chi connectivity index (χ4v) is 2.78. The fraction of sp³-hybridized carbons (Fsp3) is 1.00. The molecule has 0 aromatic rings. The number of unbranched alkanes of at least 4 members (excludes halogenated alkanes) is 2. The monoisotopic (exact) mass is 217 g/mol. The zero-order valence-corrected chi connectivity index (χ0v) is 10.2. The minimum atomic E-state index is 0.787. The lowest BCUT2D eigenvalue weighted by Crippen LogP contribution is -2.26. The average Bonchev–Trinajstić information content (AvgIpc) is 2.65. The highest BCUT2D eigenvalue weighted by Crippen LogP contribution is 2.31. The van der Waals surface area contributed by atoms with Gasteiger partial charge in [0, 0.05) is 5.88 Å². The van der Waals surface area contributed by atoms with Crippen molar-refractivity contribution in [2.75, 3.05) is 19.0 Å². The van der Waals surface area contributed by atoms with Gasteiger partial charge < -0.3 is 5.32 Å². The van der Waals surface area contributed by atoms with Gasteiger partial charge >= 0.3 is 0 Å². The molecule has 2 heteroatoms. The fourth-order valence-electron chi connectivity index (χ4n) is 2.37. The summed E-state index contributed by atoms with van der Waals surface area (Å²) in [6, 6.07) is 0. The van der Waals surface area contributed by atoms with Gasteiger partial charge in [-0.25, -0.2) is 0 Å². The second kappa shape index (κ2) is 7.53. The molecule has 1 rings (SSSR count). The summed E-state index contributed by atoms with van der Waals surface area (Å²) >= 11 is 5.94. The van der Waals surface area contributed by atoms with Crippen LogP contribution in [0.4, 0.5) is 0 Å². The van der Waals surface area contributed by atoms with Crippen LogP contribution in [0.25, 0.3) is 0 Å². The third kappa shape index (κ3) is 4.18. The molecule has 84 valence electrons. The first-order valence-corrected chi connectivity index (χ1v) is 6.68. The molecule has 1 fully saturated rings. The number of alkyl halides is 1. The predicted octanol–water partition coefficient (Wildman–Crippen LogP) is 3.42. The molecule has 0 saturated heterocycles. The summed E-state index contributed by atoms with van der Waals surface area (Å²) in [6.45, 7) is 4.64. The molecule has 1 nitrogen and oxygen atoms in total. The van der Waals surface area contributed by atoms with Crippen LogP contribution < -0.4 is 5.32 Å². The van der Waals surface area contributed by atoms with Gasteiger partial charge in [-0.3, -0.25) is 0 Å². The maximum absolute atomic E-state index is 5.94. The van der Waals surface area contributed by atoms with Crippen LogP contribution in [0.1, 0.15) is 45.4 Å². The Morgan fingerprint density at radius 2 is 2.00 bits per heavy atom. The summed E-state index contributed by atoms with van der Waals surface area (Å²) in [7, 11) is 0. The summed E-state index contributed by atoms with van der Waals surface area (Å²) in [5.74, 6) is 2.51. The number of nitrogens with one attached hydrogen (secondary N) is 1. The summed E-state index contributed by atoms with van der Waals surface area (Å²) in [5.41, 5.74) is 0. The topological polar surface area (TPSA) is 12.0 Å². The van der Waals surface area contributed by atoms with Gasteiger partial charge in [0.25, 0.3) is 0 Å². The van der Waals surface area contributed by atoms with Gasteiger partial charge in [0.1, 0.15) is 0 Å². The van der Waals surface area contributed by atoms with E-state index in [4.69, 9.17) is 11.6 Å². The minimum absolute atomic E-state index is 0.787. The Kier molecular flexibility index (Phi) is 6.63. The molecule has 0 bridgehead atoms. The van der Waals surface area contributed by atoms with Crippen LogP contribution >= 0.6 is 11.6 Å². The van der Waals surface area contributed by atoms with Gasteiger partial charge in [0.15, 0.2) is 0 Å². The molecule has 0 aromatic heterocycles. The van der Waals surface area contributed by atoms with Crippen LogP contribution in [0.3, 0.4) is 0 Å². The lowest BCUT2D eigenvalue weighted by Gasteiger charge is -2.17. The van der Waals surface area contributed by atoms with E-state index in [1.807, 2.05) is 0 Å². The lowest BCUT2D eigenvalue weighted by atomic mass is 9.98. The van der Waals surface area contributed by atoms with Crippen LogP contribution in [-0.4, -0.2) is 19.0 Å². The molecule has 0 heterocycles. The zero-order chi connectivity index (χ0) is 10.2. The normalized spacial score (nSPS) is 27.0. The largest absolute Gasteiger partial charge is 0.316 e. The Bertz CT molecular complexity index is 138. The molecule has 1 N–H and O–H groups in total. The third-order valence-electron chi connectivity index (χ3n) is 3.38. The molecule has 0 amide bonds. The van der Waals surface area contributed by atoms with Crippen molar-refractivity contribution in [3.05, 3.63) is 0 Å². The van der Waals surface area contributed by atoms with Gasteiger partial charge in [0.2, 0.25) is 0 Å². The summed E-state index contributed by atoms with van der Waals surface area (Å²) in [5, 5.41) is 3.57. The van der Waals surface area contributed by atoms with Crippen molar-refractivity contribution in [3.8, 4) is 0 Å². The number of hydrogen-bond donors (Lipinski definition) is 1. The van der Waals surface area contributed by atoms with Crippen molar-refractivity contribution in [1.29, 1.82) is 0 Å². The first-order valence-electron chi connectivity index (χ1n) is 6.15. The van der Waals surface area contributed by atoms with Gasteiger partial charge in [0.05, 0.1) is 0 Å². The smallest absolute Gasteiger partial charge is 0.0254 e. The summed E-state index contributed by atoms with van der Waals surface area (Å²) in [4.78, 5) is 0. The van der Waals surface area contributed by atoms with Crippen molar-refractivity contribution >= 4 is 11.6 Å². The zero-order valence-electron chi connectivity index (χ0n) is 9.40. The van der Waals surface area contributed by atoms with E-state index in [1.165, 1.54) is 51.6 Å². The molecule has 0 aromatic carbocycles. The minimum Gasteiger partial charge on any atom is -0.316 e. The molecule has 1 aliphatic rings. The first kappa shape index (κ1) is 12.3. The summed E-state index contributed by atoms with van der Waals surface area (Å²) < 4.78 is 0. The molecule has 1 saturated carbocycles. The maximum Gasteiger partial charge on any atom is 0.0254 e. The van der Waals surface area contributed by atoms with Crippen LogP contribution in [0, 0.1) is 11.8 Å². The van der Waals surface area contributed by atoms with E-state index in [0.717, 1.165) is 17.7 Å². The van der Waals surface area contributed by atoms with Crippen molar-refractivity contribution in [1.82, 2.24) is 5.32 Å². The molecule has 2 unspecified atom stereocenters. The molecule has 2 atom stereocenters. The van der Waals surface area contributed by atoms with Gasteiger partial charge in [-0.15, -0.1) is 11.6 Å². The Balaban J connectivity index is 2.00. The quantitative estimate of drug-likeness (QED) is 0.509. The number of halogens is 1. The van der Waals surface area contributed by atoms with Gasteiger partial charge in [-0.1, -0.05) is 26.2 Å². The van der Waals surface area contributed by atoms with E-state index in [-0.39, 0.29) is 0 Å². The highest BCUT2D eigenvalue weighted by atomic mass is 35.5. The Labute approximate surface area is 93.6 Å². The van der Waals surface area contributed by atoms with E-state index in [0.29, 0.717) is 0 Å². The van der Waals surface area contributed by atoms with Crippen molar-refractivity contribution < 1.29 is 0 Å². The second-order valence-electron chi connectivity index (χ2n) is 4.52. The standard InChI is InChI=1S/C12H24ClN/c1-2-3-4-8-14-10-12-7-5-6-11(12)9-13/h11-12,14H,2-10H2,1H3. The Morgan fingerprint density at radius 3 is 2.71 bits per heavy atom. The van der Waals surface area contributed by atoms with E-state index in [1.54, 1.807) is 0 Å². The van der Waals surface area contributed by atoms with Crippen LogP contribution in [-0.2, 0) is 0 Å². The second-order valence-corrected chi connectivity index (χ2v) is 4.83. The average molecular weight is 218 g/mol. The third-order valence-corrected chi connectivity index (χ3v) is 3.77. The van der Waals surface area contributed by atoms with Crippen molar-refractivity contribution in [2.24, 2.45) is 11.8 Å². The van der Waals surface area contributed by atoms with Crippen molar-refractivity contribution in [3.63, 3.8) is 0 Å². The SMILES string of the molecule is CCCCCNCC1CCCC1CCl. The Morgan fingerprint density at radius 1 is 1.21 bits per heavy atom. The molecule has 0 spiro atoms. The molecular formula is C12H24ClN. The van der Waals surface area contributed by atoms with Gasteiger partial charge in [-0.05, 0) is 44.2 Å². The molecular weight excluding hydrogens is 194 g/mol.